The molecule has 29 heavy (non-hydrogen) atoms. The third-order valence-corrected chi connectivity index (χ3v) is 4.70. The number of ketones is 1. The van der Waals surface area contributed by atoms with Gasteiger partial charge < -0.3 is 24.8 Å². The Morgan fingerprint density at radius 2 is 1.55 bits per heavy atom. The number of anilines is 2. The van der Waals surface area contributed by atoms with E-state index in [1.165, 1.54) is 0 Å². The summed E-state index contributed by atoms with van der Waals surface area (Å²) in [6, 6.07) is 8.93. The molecule has 0 bridgehead atoms. The van der Waals surface area contributed by atoms with E-state index >= 15 is 0 Å². The summed E-state index contributed by atoms with van der Waals surface area (Å²) in [6.07, 6.45) is 1.84. The molecular formula is C23H30N2O4. The summed E-state index contributed by atoms with van der Waals surface area (Å²) in [4.78, 5) is 15.2. The number of carbonyl (C=O) groups excluding carboxylic acids is 1. The van der Waals surface area contributed by atoms with Gasteiger partial charge in [-0.3, -0.25) is 4.79 Å². The van der Waals surface area contributed by atoms with Crippen LogP contribution >= 0.6 is 0 Å². The minimum atomic E-state index is -0.0751. The zero-order valence-electron chi connectivity index (χ0n) is 18.2. The van der Waals surface area contributed by atoms with Gasteiger partial charge in [0.2, 0.25) is 0 Å². The summed E-state index contributed by atoms with van der Waals surface area (Å²) in [6.45, 7) is 3.96. The SMILES string of the molecule is COc1cc(OC)c(OC)cc1C=C(C(=O)c1ccc(N(C)C)c(N)c1)C(C)C. The van der Waals surface area contributed by atoms with Gasteiger partial charge in [-0.1, -0.05) is 13.8 Å². The molecular weight excluding hydrogens is 368 g/mol. The smallest absolute Gasteiger partial charge is 0.189 e. The first-order valence-electron chi connectivity index (χ1n) is 9.36. The van der Waals surface area contributed by atoms with Gasteiger partial charge >= 0.3 is 0 Å². The number of hydrogen-bond acceptors (Lipinski definition) is 6. The minimum Gasteiger partial charge on any atom is -0.496 e. The maximum Gasteiger partial charge on any atom is 0.189 e. The van der Waals surface area contributed by atoms with Crippen LogP contribution in [0.5, 0.6) is 17.2 Å². The Morgan fingerprint density at radius 3 is 2.03 bits per heavy atom. The second-order valence-electron chi connectivity index (χ2n) is 7.20. The molecule has 2 rings (SSSR count). The standard InChI is InChI=1S/C23H30N2O4/c1-14(2)17(23(26)15-8-9-19(25(3)4)18(24)11-15)10-16-12-21(28-6)22(29-7)13-20(16)27-5/h8-14H,24H2,1-7H3. The van der Waals surface area contributed by atoms with Crippen LogP contribution in [-0.2, 0) is 0 Å². The molecule has 0 saturated carbocycles. The van der Waals surface area contributed by atoms with Crippen LogP contribution in [0.4, 0.5) is 11.4 Å². The van der Waals surface area contributed by atoms with E-state index in [-0.39, 0.29) is 11.7 Å². The predicted octanol–water partition coefficient (Wildman–Crippen LogP) is 4.28. The van der Waals surface area contributed by atoms with Crippen molar-refractivity contribution >= 4 is 23.2 Å². The highest BCUT2D eigenvalue weighted by molar-refractivity contribution is 6.12. The van der Waals surface area contributed by atoms with E-state index in [0.717, 1.165) is 11.3 Å². The fraction of sp³-hybridized carbons (Fsp3) is 0.348. The van der Waals surface area contributed by atoms with Crippen molar-refractivity contribution in [2.24, 2.45) is 5.92 Å². The van der Waals surface area contributed by atoms with Crippen LogP contribution in [0.2, 0.25) is 0 Å². The molecule has 0 heterocycles. The van der Waals surface area contributed by atoms with Crippen LogP contribution in [0, 0.1) is 5.92 Å². The van der Waals surface area contributed by atoms with Gasteiger partial charge in [0, 0.05) is 36.9 Å². The number of ether oxygens (including phenoxy) is 3. The molecule has 2 N–H and O–H groups in total. The lowest BCUT2D eigenvalue weighted by Gasteiger charge is -2.17. The Labute approximate surface area is 172 Å². The first-order valence-corrected chi connectivity index (χ1v) is 9.36. The van der Waals surface area contributed by atoms with E-state index < -0.39 is 0 Å². The van der Waals surface area contributed by atoms with Crippen LogP contribution in [0.1, 0.15) is 29.8 Å². The van der Waals surface area contributed by atoms with Gasteiger partial charge in [0.05, 0.1) is 32.7 Å². The molecule has 0 aliphatic heterocycles. The first-order chi connectivity index (χ1) is 13.7. The normalized spacial score (nSPS) is 11.4. The van der Waals surface area contributed by atoms with Crippen molar-refractivity contribution in [1.82, 2.24) is 0 Å². The Kier molecular flexibility index (Phi) is 7.15. The van der Waals surface area contributed by atoms with Crippen LogP contribution < -0.4 is 24.8 Å². The third kappa shape index (κ3) is 4.83. The number of methoxy groups -OCH3 is 3. The summed E-state index contributed by atoms with van der Waals surface area (Å²) in [5.74, 6) is 1.64. The topological polar surface area (TPSA) is 74.0 Å². The van der Waals surface area contributed by atoms with E-state index in [0.29, 0.717) is 34.1 Å². The molecule has 2 aromatic carbocycles. The zero-order chi connectivity index (χ0) is 21.7. The second kappa shape index (κ2) is 9.37. The summed E-state index contributed by atoms with van der Waals surface area (Å²) >= 11 is 0. The fourth-order valence-corrected chi connectivity index (χ4v) is 3.10. The lowest BCUT2D eigenvalue weighted by molar-refractivity contribution is 0.102. The Balaban J connectivity index is 2.55. The molecule has 0 spiro atoms. The second-order valence-corrected chi connectivity index (χ2v) is 7.20. The lowest BCUT2D eigenvalue weighted by atomic mass is 9.91. The van der Waals surface area contributed by atoms with Gasteiger partial charge in [-0.05, 0) is 36.3 Å². The van der Waals surface area contributed by atoms with Crippen molar-refractivity contribution in [3.05, 3.63) is 47.0 Å². The maximum absolute atomic E-state index is 13.3. The molecule has 6 heteroatoms. The predicted molar refractivity (Wildman–Crippen MR) is 118 cm³/mol. The monoisotopic (exact) mass is 398 g/mol. The highest BCUT2D eigenvalue weighted by Crippen LogP contribution is 2.36. The average molecular weight is 399 g/mol. The highest BCUT2D eigenvalue weighted by Gasteiger charge is 2.19. The Hall–Kier alpha value is -3.15. The van der Waals surface area contributed by atoms with Crippen LogP contribution in [0.3, 0.4) is 0 Å². The molecule has 0 amide bonds. The van der Waals surface area contributed by atoms with Crippen LogP contribution in [-0.4, -0.2) is 41.2 Å². The third-order valence-electron chi connectivity index (χ3n) is 4.70. The molecule has 2 aromatic rings. The molecule has 0 saturated heterocycles. The van der Waals surface area contributed by atoms with Crippen LogP contribution in [0.15, 0.2) is 35.9 Å². The Morgan fingerprint density at radius 1 is 0.966 bits per heavy atom. The number of allylic oxidation sites excluding steroid dienone is 1. The van der Waals surface area contributed by atoms with Gasteiger partial charge in [0.15, 0.2) is 17.3 Å². The van der Waals surface area contributed by atoms with Crippen molar-refractivity contribution in [3.63, 3.8) is 0 Å². The van der Waals surface area contributed by atoms with Gasteiger partial charge in [-0.15, -0.1) is 0 Å². The number of nitrogen functional groups attached to an aromatic ring is 1. The van der Waals surface area contributed by atoms with Crippen molar-refractivity contribution < 1.29 is 19.0 Å². The number of Topliss-reactive ketones (excluding diaryl/α,β-unsaturated/α-hetero) is 1. The number of rotatable bonds is 8. The molecule has 0 atom stereocenters. The molecule has 0 aromatic heterocycles. The van der Waals surface area contributed by atoms with Crippen molar-refractivity contribution in [3.8, 4) is 17.2 Å². The summed E-state index contributed by atoms with van der Waals surface area (Å²) < 4.78 is 16.2. The Bertz CT molecular complexity index is 917. The van der Waals surface area contributed by atoms with Crippen molar-refractivity contribution in [2.75, 3.05) is 46.1 Å². The number of carbonyl (C=O) groups is 1. The van der Waals surface area contributed by atoms with Gasteiger partial charge in [0.25, 0.3) is 0 Å². The first kappa shape index (κ1) is 22.1. The molecule has 0 aliphatic rings. The van der Waals surface area contributed by atoms with Gasteiger partial charge in [0.1, 0.15) is 5.75 Å². The number of nitrogens with zero attached hydrogens (tertiary/aromatic N) is 1. The number of benzene rings is 2. The molecule has 0 unspecified atom stereocenters. The van der Waals surface area contributed by atoms with Crippen molar-refractivity contribution in [1.29, 1.82) is 0 Å². The highest BCUT2D eigenvalue weighted by atomic mass is 16.5. The molecule has 0 radical (unpaired) electrons. The van der Waals surface area contributed by atoms with Crippen molar-refractivity contribution in [2.45, 2.75) is 13.8 Å². The van der Waals surface area contributed by atoms with E-state index in [1.54, 1.807) is 45.6 Å². The summed E-state index contributed by atoms with van der Waals surface area (Å²) in [5.41, 5.74) is 9.51. The maximum atomic E-state index is 13.3. The molecule has 0 fully saturated rings. The lowest BCUT2D eigenvalue weighted by Crippen LogP contribution is -2.13. The van der Waals surface area contributed by atoms with E-state index in [9.17, 15) is 4.79 Å². The largest absolute Gasteiger partial charge is 0.496 e. The molecule has 6 nitrogen and oxygen atoms in total. The molecule has 156 valence electrons. The fourth-order valence-electron chi connectivity index (χ4n) is 3.10. The van der Waals surface area contributed by atoms with E-state index in [4.69, 9.17) is 19.9 Å². The summed E-state index contributed by atoms with van der Waals surface area (Å²) in [7, 11) is 8.54. The van der Waals surface area contributed by atoms with E-state index in [1.807, 2.05) is 45.0 Å². The average Bonchev–Trinajstić information content (AvgIpc) is 2.70. The van der Waals surface area contributed by atoms with Gasteiger partial charge in [-0.25, -0.2) is 0 Å². The molecule has 0 aliphatic carbocycles. The minimum absolute atomic E-state index is 0.00458. The van der Waals surface area contributed by atoms with Gasteiger partial charge in [-0.2, -0.15) is 0 Å². The number of nitrogens with two attached hydrogens (primary N) is 1. The van der Waals surface area contributed by atoms with Crippen LogP contribution in [0.25, 0.3) is 6.08 Å². The van der Waals surface area contributed by atoms with E-state index in [2.05, 4.69) is 0 Å². The number of hydrogen-bond donors (Lipinski definition) is 1. The quantitative estimate of drug-likeness (QED) is 0.406. The summed E-state index contributed by atoms with van der Waals surface area (Å²) in [5, 5.41) is 0. The zero-order valence-corrected chi connectivity index (χ0v) is 18.2.